The van der Waals surface area contributed by atoms with Crippen molar-refractivity contribution in [1.29, 1.82) is 0 Å². The average Bonchev–Trinajstić information content (AvgIpc) is 3.71. The van der Waals surface area contributed by atoms with Crippen molar-refractivity contribution >= 4 is 17.3 Å². The lowest BCUT2D eigenvalue weighted by Gasteiger charge is -2.15. The number of hydrogen-bond acceptors (Lipinski definition) is 6. The zero-order chi connectivity index (χ0) is 25.1. The van der Waals surface area contributed by atoms with E-state index in [-0.39, 0.29) is 28.9 Å². The number of hydrogen-bond donors (Lipinski definition) is 2. The number of nitrogens with zero attached hydrogens (tertiary/aromatic N) is 2. The normalized spacial score (nSPS) is 12.6. The monoisotopic (exact) mass is 482 g/mol. The quantitative estimate of drug-likeness (QED) is 0.368. The molecule has 0 spiro atoms. The molecule has 4 aromatic rings. The summed E-state index contributed by atoms with van der Waals surface area (Å²) in [5.74, 6) is 1.45. The van der Waals surface area contributed by atoms with Crippen molar-refractivity contribution < 1.29 is 14.3 Å². The topological polar surface area (TPSA) is 94.5 Å². The Balaban J connectivity index is 1.49. The highest BCUT2D eigenvalue weighted by Gasteiger charge is 2.23. The summed E-state index contributed by atoms with van der Waals surface area (Å²) in [6.07, 6.45) is 3.56. The fourth-order valence-electron chi connectivity index (χ4n) is 3.69. The van der Waals surface area contributed by atoms with E-state index in [2.05, 4.69) is 15.7 Å². The van der Waals surface area contributed by atoms with Crippen LogP contribution in [0.3, 0.4) is 0 Å². The highest BCUT2D eigenvalue weighted by atomic mass is 16.5. The van der Waals surface area contributed by atoms with Gasteiger partial charge in [-0.25, -0.2) is 0 Å². The first-order valence-corrected chi connectivity index (χ1v) is 11.7. The molecule has 1 heterocycles. The van der Waals surface area contributed by atoms with Gasteiger partial charge in [0.15, 0.2) is 11.4 Å². The van der Waals surface area contributed by atoms with Crippen molar-refractivity contribution in [1.82, 2.24) is 15.1 Å². The Morgan fingerprint density at radius 2 is 1.75 bits per heavy atom. The van der Waals surface area contributed by atoms with Crippen molar-refractivity contribution in [3.63, 3.8) is 0 Å². The van der Waals surface area contributed by atoms with Crippen LogP contribution in [0.1, 0.15) is 28.8 Å². The van der Waals surface area contributed by atoms with Gasteiger partial charge in [0.2, 0.25) is 0 Å². The molecule has 182 valence electrons. The molecule has 1 amide bonds. The number of anilines is 2. The molecule has 36 heavy (non-hydrogen) atoms. The molecule has 3 aromatic carbocycles. The first-order valence-electron chi connectivity index (χ1n) is 11.7. The van der Waals surface area contributed by atoms with Crippen LogP contribution in [0.15, 0.2) is 83.8 Å². The van der Waals surface area contributed by atoms with Gasteiger partial charge in [-0.15, -0.1) is 0 Å². The molecule has 1 aromatic heterocycles. The summed E-state index contributed by atoms with van der Waals surface area (Å²) in [4.78, 5) is 25.9. The second-order valence-corrected chi connectivity index (χ2v) is 8.67. The largest absolute Gasteiger partial charge is 0.497 e. The summed E-state index contributed by atoms with van der Waals surface area (Å²) in [5.41, 5.74) is 2.64. The fraction of sp³-hybridized carbons (Fsp3) is 0.179. The summed E-state index contributed by atoms with van der Waals surface area (Å²) in [5, 5.41) is 10.5. The number of benzene rings is 3. The Morgan fingerprint density at radius 3 is 2.42 bits per heavy atom. The molecular formula is C28H26N4O4. The van der Waals surface area contributed by atoms with Gasteiger partial charge in [-0.2, -0.15) is 9.78 Å². The predicted molar refractivity (Wildman–Crippen MR) is 138 cm³/mol. The number of aryl methyl sites for hydroxylation is 1. The van der Waals surface area contributed by atoms with E-state index >= 15 is 0 Å². The zero-order valence-electron chi connectivity index (χ0n) is 20.0. The van der Waals surface area contributed by atoms with Crippen LogP contribution in [0.25, 0.3) is 5.69 Å². The van der Waals surface area contributed by atoms with Crippen LogP contribution in [0.4, 0.5) is 11.4 Å². The van der Waals surface area contributed by atoms with E-state index in [0.717, 1.165) is 18.4 Å². The maximum absolute atomic E-state index is 13.6. The number of carbonyl (C=O) groups is 1. The third kappa shape index (κ3) is 5.22. The Kier molecular flexibility index (Phi) is 6.40. The lowest BCUT2D eigenvalue weighted by molar-refractivity contribution is 0.0951. The van der Waals surface area contributed by atoms with E-state index in [0.29, 0.717) is 28.4 Å². The van der Waals surface area contributed by atoms with Crippen molar-refractivity contribution in [3.8, 4) is 22.9 Å². The minimum absolute atomic E-state index is 0.0988. The van der Waals surface area contributed by atoms with Crippen LogP contribution in [0.2, 0.25) is 0 Å². The zero-order valence-corrected chi connectivity index (χ0v) is 20.0. The molecule has 0 saturated heterocycles. The van der Waals surface area contributed by atoms with E-state index < -0.39 is 0 Å². The van der Waals surface area contributed by atoms with Gasteiger partial charge in [0, 0.05) is 17.3 Å². The SMILES string of the molecule is COc1ccc(-n2ncc(Oc3cccc(C)c3)c(Nc3ccc(C(=O)NC4CC4)cc3)c2=O)cc1. The van der Waals surface area contributed by atoms with Gasteiger partial charge < -0.3 is 20.1 Å². The van der Waals surface area contributed by atoms with Crippen molar-refractivity contribution in [3.05, 3.63) is 100 Å². The molecule has 8 nitrogen and oxygen atoms in total. The van der Waals surface area contributed by atoms with Gasteiger partial charge in [0.05, 0.1) is 19.0 Å². The highest BCUT2D eigenvalue weighted by Crippen LogP contribution is 2.29. The van der Waals surface area contributed by atoms with E-state index in [1.807, 2.05) is 31.2 Å². The Labute approximate surface area is 208 Å². The van der Waals surface area contributed by atoms with Gasteiger partial charge in [0.1, 0.15) is 11.5 Å². The molecule has 0 radical (unpaired) electrons. The molecule has 1 saturated carbocycles. The lowest BCUT2D eigenvalue weighted by atomic mass is 10.2. The number of methoxy groups -OCH3 is 1. The molecule has 5 rings (SSSR count). The van der Waals surface area contributed by atoms with E-state index in [9.17, 15) is 9.59 Å². The predicted octanol–water partition coefficient (Wildman–Crippen LogP) is 4.98. The molecule has 0 bridgehead atoms. The number of nitrogens with one attached hydrogen (secondary N) is 2. The molecule has 1 aliphatic carbocycles. The van der Waals surface area contributed by atoms with E-state index in [1.165, 1.54) is 10.9 Å². The third-order valence-electron chi connectivity index (χ3n) is 5.81. The van der Waals surface area contributed by atoms with E-state index in [1.54, 1.807) is 55.6 Å². The van der Waals surface area contributed by atoms with Crippen molar-refractivity contribution in [2.75, 3.05) is 12.4 Å². The number of aromatic nitrogens is 2. The van der Waals surface area contributed by atoms with Crippen LogP contribution in [0, 0.1) is 6.92 Å². The molecule has 0 aliphatic heterocycles. The summed E-state index contributed by atoms with van der Waals surface area (Å²) < 4.78 is 12.6. The number of ether oxygens (including phenoxy) is 2. The minimum Gasteiger partial charge on any atom is -0.497 e. The molecule has 1 aliphatic rings. The van der Waals surface area contributed by atoms with Crippen LogP contribution in [-0.4, -0.2) is 28.8 Å². The summed E-state index contributed by atoms with van der Waals surface area (Å²) in [7, 11) is 1.58. The van der Waals surface area contributed by atoms with Gasteiger partial charge in [0.25, 0.3) is 11.5 Å². The highest BCUT2D eigenvalue weighted by molar-refractivity contribution is 5.95. The molecule has 1 fully saturated rings. The molecule has 2 N–H and O–H groups in total. The lowest BCUT2D eigenvalue weighted by Crippen LogP contribution is -2.25. The van der Waals surface area contributed by atoms with Crippen molar-refractivity contribution in [2.45, 2.75) is 25.8 Å². The molecular weight excluding hydrogens is 456 g/mol. The van der Waals surface area contributed by atoms with Gasteiger partial charge in [-0.1, -0.05) is 12.1 Å². The fourth-order valence-corrected chi connectivity index (χ4v) is 3.69. The molecule has 0 unspecified atom stereocenters. The maximum Gasteiger partial charge on any atom is 0.299 e. The van der Waals surface area contributed by atoms with Gasteiger partial charge in [-0.05, 0) is 86.0 Å². The second-order valence-electron chi connectivity index (χ2n) is 8.67. The first-order chi connectivity index (χ1) is 17.5. The average molecular weight is 483 g/mol. The van der Waals surface area contributed by atoms with Crippen LogP contribution < -0.4 is 25.7 Å². The summed E-state index contributed by atoms with van der Waals surface area (Å²) in [6.45, 7) is 1.97. The van der Waals surface area contributed by atoms with Crippen LogP contribution in [0.5, 0.6) is 17.2 Å². The second kappa shape index (κ2) is 9.95. The third-order valence-corrected chi connectivity index (χ3v) is 5.81. The summed E-state index contributed by atoms with van der Waals surface area (Å²) >= 11 is 0. The number of amides is 1. The van der Waals surface area contributed by atoms with Crippen LogP contribution >= 0.6 is 0 Å². The molecule has 8 heteroatoms. The molecule has 0 atom stereocenters. The Bertz CT molecular complexity index is 1440. The Morgan fingerprint density at radius 1 is 1.00 bits per heavy atom. The summed E-state index contributed by atoms with van der Waals surface area (Å²) in [6, 6.07) is 21.8. The van der Waals surface area contributed by atoms with E-state index in [4.69, 9.17) is 9.47 Å². The van der Waals surface area contributed by atoms with Crippen LogP contribution in [-0.2, 0) is 0 Å². The number of rotatable bonds is 8. The Hall–Kier alpha value is -4.59. The number of carbonyl (C=O) groups excluding carboxylic acids is 1. The maximum atomic E-state index is 13.6. The smallest absolute Gasteiger partial charge is 0.299 e. The minimum atomic E-state index is -0.388. The first kappa shape index (κ1) is 23.2. The van der Waals surface area contributed by atoms with Gasteiger partial charge >= 0.3 is 0 Å². The van der Waals surface area contributed by atoms with Gasteiger partial charge in [-0.3, -0.25) is 9.59 Å². The van der Waals surface area contributed by atoms with Crippen molar-refractivity contribution in [2.24, 2.45) is 0 Å². The standard InChI is InChI=1S/C28H26N4O4/c1-18-4-3-5-24(16-18)36-25-17-29-32(22-12-14-23(35-2)15-13-22)28(34)26(25)30-20-8-6-19(7-9-20)27(33)31-21-10-11-21/h3-9,12-17,21,30H,10-11H2,1-2H3,(H,31,33).